The molecular formula is C31H30ClN3O3. The Morgan fingerprint density at radius 1 is 0.868 bits per heavy atom. The number of imidazole rings is 1. The summed E-state index contributed by atoms with van der Waals surface area (Å²) in [7, 11) is 0. The van der Waals surface area contributed by atoms with E-state index >= 15 is 0 Å². The number of nitrogens with zero attached hydrogens (tertiary/aromatic N) is 2. The minimum absolute atomic E-state index is 0.0309. The molecule has 4 aromatic carbocycles. The van der Waals surface area contributed by atoms with Crippen LogP contribution in [-0.4, -0.2) is 35.2 Å². The standard InChI is InChI=1S/C31H30ClN3O3/c32-24-15-17-25(18-16-24)38-22-31(36)33-19-6-14-30-34-27-11-3-4-12-28(27)35(30)20-7-21-37-29-13-5-9-23-8-1-2-10-26(23)29/h1-5,8-13,15-18H,6-7,14,19-22H2,(H,33,36). The van der Waals surface area contributed by atoms with Crippen LogP contribution in [0, 0.1) is 0 Å². The van der Waals surface area contributed by atoms with Crippen LogP contribution in [0.1, 0.15) is 18.7 Å². The second kappa shape index (κ2) is 12.5. The number of para-hydroxylation sites is 2. The van der Waals surface area contributed by atoms with Crippen molar-refractivity contribution >= 4 is 39.3 Å². The van der Waals surface area contributed by atoms with Gasteiger partial charge < -0.3 is 19.4 Å². The number of halogens is 1. The molecule has 1 heterocycles. The summed E-state index contributed by atoms with van der Waals surface area (Å²) >= 11 is 5.88. The van der Waals surface area contributed by atoms with Crippen LogP contribution < -0.4 is 14.8 Å². The number of fused-ring (bicyclic) bond motifs is 2. The number of rotatable bonds is 12. The summed E-state index contributed by atoms with van der Waals surface area (Å²) in [5.41, 5.74) is 2.10. The van der Waals surface area contributed by atoms with Gasteiger partial charge in [-0.3, -0.25) is 4.79 Å². The number of amides is 1. The maximum absolute atomic E-state index is 12.2. The van der Waals surface area contributed by atoms with Gasteiger partial charge in [0.1, 0.15) is 17.3 Å². The predicted molar refractivity (Wildman–Crippen MR) is 152 cm³/mol. The quantitative estimate of drug-likeness (QED) is 0.190. The molecule has 194 valence electrons. The molecule has 0 atom stereocenters. The van der Waals surface area contributed by atoms with Gasteiger partial charge in [0.25, 0.3) is 5.91 Å². The molecule has 5 aromatic rings. The number of carbonyl (C=O) groups is 1. The summed E-state index contributed by atoms with van der Waals surface area (Å²) in [6, 6.07) is 29.6. The smallest absolute Gasteiger partial charge is 0.257 e. The first-order valence-corrected chi connectivity index (χ1v) is 13.2. The normalized spacial score (nSPS) is 11.1. The molecule has 0 fully saturated rings. The van der Waals surface area contributed by atoms with Crippen LogP contribution in [0.2, 0.25) is 5.02 Å². The van der Waals surface area contributed by atoms with Crippen molar-refractivity contribution in [1.29, 1.82) is 0 Å². The molecule has 1 amide bonds. The third kappa shape index (κ3) is 6.45. The maximum atomic E-state index is 12.2. The van der Waals surface area contributed by atoms with Crippen molar-refractivity contribution in [3.63, 3.8) is 0 Å². The van der Waals surface area contributed by atoms with Gasteiger partial charge in [-0.05, 0) is 60.7 Å². The Bertz CT molecular complexity index is 1510. The lowest BCUT2D eigenvalue weighted by molar-refractivity contribution is -0.123. The molecule has 7 heteroatoms. The van der Waals surface area contributed by atoms with Crippen LogP contribution in [-0.2, 0) is 17.8 Å². The highest BCUT2D eigenvalue weighted by molar-refractivity contribution is 6.30. The fraction of sp³-hybridized carbons (Fsp3) is 0.226. The molecule has 0 unspecified atom stereocenters. The van der Waals surface area contributed by atoms with Crippen molar-refractivity contribution in [1.82, 2.24) is 14.9 Å². The summed E-state index contributed by atoms with van der Waals surface area (Å²) in [6.45, 7) is 1.94. The van der Waals surface area contributed by atoms with Gasteiger partial charge in [-0.1, -0.05) is 60.1 Å². The highest BCUT2D eigenvalue weighted by Crippen LogP contribution is 2.25. The van der Waals surface area contributed by atoms with Crippen LogP contribution in [0.5, 0.6) is 11.5 Å². The highest BCUT2D eigenvalue weighted by atomic mass is 35.5. The Morgan fingerprint density at radius 3 is 2.55 bits per heavy atom. The molecular weight excluding hydrogens is 498 g/mol. The molecule has 0 aliphatic carbocycles. The van der Waals surface area contributed by atoms with Gasteiger partial charge in [-0.2, -0.15) is 0 Å². The summed E-state index contributed by atoms with van der Waals surface area (Å²) in [4.78, 5) is 17.0. The molecule has 38 heavy (non-hydrogen) atoms. The topological polar surface area (TPSA) is 65.4 Å². The van der Waals surface area contributed by atoms with Gasteiger partial charge in [0.15, 0.2) is 6.61 Å². The summed E-state index contributed by atoms with van der Waals surface area (Å²) in [5, 5.41) is 5.86. The summed E-state index contributed by atoms with van der Waals surface area (Å²) in [5.74, 6) is 2.39. The van der Waals surface area contributed by atoms with Crippen LogP contribution in [0.4, 0.5) is 0 Å². The number of carbonyl (C=O) groups excluding carboxylic acids is 1. The number of hydrogen-bond acceptors (Lipinski definition) is 4. The molecule has 0 saturated heterocycles. The molecule has 0 bridgehead atoms. The van der Waals surface area contributed by atoms with E-state index in [-0.39, 0.29) is 12.5 Å². The van der Waals surface area contributed by atoms with E-state index in [9.17, 15) is 4.79 Å². The van der Waals surface area contributed by atoms with Gasteiger partial charge in [0.05, 0.1) is 17.6 Å². The van der Waals surface area contributed by atoms with Gasteiger partial charge in [-0.15, -0.1) is 0 Å². The van der Waals surface area contributed by atoms with Crippen molar-refractivity contribution in [3.05, 3.63) is 102 Å². The Kier molecular flexibility index (Phi) is 8.41. The number of nitrogens with one attached hydrogen (secondary N) is 1. The van der Waals surface area contributed by atoms with Gasteiger partial charge in [0.2, 0.25) is 0 Å². The van der Waals surface area contributed by atoms with Crippen molar-refractivity contribution in [2.24, 2.45) is 0 Å². The van der Waals surface area contributed by atoms with E-state index in [1.807, 2.05) is 42.5 Å². The second-order valence-corrected chi connectivity index (χ2v) is 9.48. The van der Waals surface area contributed by atoms with E-state index < -0.39 is 0 Å². The van der Waals surface area contributed by atoms with E-state index in [0.717, 1.165) is 53.8 Å². The lowest BCUT2D eigenvalue weighted by Crippen LogP contribution is -2.30. The minimum Gasteiger partial charge on any atom is -0.493 e. The zero-order chi connectivity index (χ0) is 26.2. The van der Waals surface area contributed by atoms with E-state index in [1.54, 1.807) is 24.3 Å². The zero-order valence-corrected chi connectivity index (χ0v) is 21.9. The number of hydrogen-bond donors (Lipinski definition) is 1. The van der Waals surface area contributed by atoms with Crippen LogP contribution >= 0.6 is 11.6 Å². The Morgan fingerprint density at radius 2 is 1.66 bits per heavy atom. The SMILES string of the molecule is O=C(COc1ccc(Cl)cc1)NCCCc1nc2ccccc2n1CCCOc1cccc2ccccc12. The fourth-order valence-corrected chi connectivity index (χ4v) is 4.62. The summed E-state index contributed by atoms with van der Waals surface area (Å²) < 4.78 is 13.9. The zero-order valence-electron chi connectivity index (χ0n) is 21.1. The molecule has 1 N–H and O–H groups in total. The Labute approximate surface area is 227 Å². The average Bonchev–Trinajstić information content (AvgIpc) is 3.30. The molecule has 6 nitrogen and oxygen atoms in total. The number of benzene rings is 4. The summed E-state index contributed by atoms with van der Waals surface area (Å²) in [6.07, 6.45) is 2.40. The highest BCUT2D eigenvalue weighted by Gasteiger charge is 2.11. The molecule has 0 aliphatic heterocycles. The van der Waals surface area contributed by atoms with Gasteiger partial charge in [0, 0.05) is 29.9 Å². The third-order valence-corrected chi connectivity index (χ3v) is 6.60. The van der Waals surface area contributed by atoms with Gasteiger partial charge >= 0.3 is 0 Å². The second-order valence-electron chi connectivity index (χ2n) is 9.04. The first-order valence-electron chi connectivity index (χ1n) is 12.9. The predicted octanol–water partition coefficient (Wildman–Crippen LogP) is 6.44. The monoisotopic (exact) mass is 527 g/mol. The van der Waals surface area contributed by atoms with Crippen molar-refractivity contribution < 1.29 is 14.3 Å². The number of aromatic nitrogens is 2. The van der Waals surface area contributed by atoms with Crippen LogP contribution in [0.3, 0.4) is 0 Å². The largest absolute Gasteiger partial charge is 0.493 e. The first-order chi connectivity index (χ1) is 18.7. The fourth-order valence-electron chi connectivity index (χ4n) is 4.50. The number of aryl methyl sites for hydroxylation is 2. The minimum atomic E-state index is -0.154. The first kappa shape index (κ1) is 25.6. The Hall–Kier alpha value is -4.03. The van der Waals surface area contributed by atoms with E-state index in [2.05, 4.69) is 34.1 Å². The molecule has 5 rings (SSSR count). The van der Waals surface area contributed by atoms with Crippen molar-refractivity contribution in [3.8, 4) is 11.5 Å². The molecule has 0 radical (unpaired) electrons. The average molecular weight is 528 g/mol. The van der Waals surface area contributed by atoms with E-state index in [1.165, 1.54) is 5.39 Å². The Balaban J connectivity index is 1.12. The lowest BCUT2D eigenvalue weighted by Gasteiger charge is -2.12. The molecule has 0 spiro atoms. The molecule has 1 aromatic heterocycles. The molecule has 0 aliphatic rings. The van der Waals surface area contributed by atoms with Gasteiger partial charge in [-0.25, -0.2) is 4.98 Å². The third-order valence-electron chi connectivity index (χ3n) is 6.35. The van der Waals surface area contributed by atoms with E-state index in [4.69, 9.17) is 26.1 Å². The van der Waals surface area contributed by atoms with Crippen molar-refractivity contribution in [2.45, 2.75) is 25.8 Å². The van der Waals surface area contributed by atoms with E-state index in [0.29, 0.717) is 23.9 Å². The molecule has 0 saturated carbocycles. The lowest BCUT2D eigenvalue weighted by atomic mass is 10.1. The van der Waals surface area contributed by atoms with Crippen LogP contribution in [0.15, 0.2) is 91.0 Å². The maximum Gasteiger partial charge on any atom is 0.257 e. The number of ether oxygens (including phenoxy) is 2. The van der Waals surface area contributed by atoms with Crippen LogP contribution in [0.25, 0.3) is 21.8 Å². The van der Waals surface area contributed by atoms with Crippen molar-refractivity contribution in [2.75, 3.05) is 19.8 Å².